The van der Waals surface area contributed by atoms with E-state index in [1.165, 1.54) is 12.5 Å². The molecule has 0 aliphatic heterocycles. The van der Waals surface area contributed by atoms with Crippen LogP contribution in [0.2, 0.25) is 0 Å². The van der Waals surface area contributed by atoms with Gasteiger partial charge in [0.05, 0.1) is 6.26 Å². The van der Waals surface area contributed by atoms with Crippen LogP contribution < -0.4 is 0 Å². The first kappa shape index (κ1) is 6.71. The Balaban J connectivity index is 2.94. The Morgan fingerprint density at radius 3 is 2.56 bits per heavy atom. The van der Waals surface area contributed by atoms with E-state index in [9.17, 15) is 4.55 Å². The molecule has 1 unspecified atom stereocenters. The van der Waals surface area contributed by atoms with Gasteiger partial charge in [0.1, 0.15) is 12.5 Å². The van der Waals surface area contributed by atoms with E-state index in [1.54, 1.807) is 6.26 Å². The van der Waals surface area contributed by atoms with Crippen molar-refractivity contribution in [1.29, 1.82) is 0 Å². The zero-order valence-electron chi connectivity index (χ0n) is 5.09. The van der Waals surface area contributed by atoms with Crippen molar-refractivity contribution in [2.75, 3.05) is 6.26 Å². The molecule has 3 heteroatoms. The van der Waals surface area contributed by atoms with E-state index in [-0.39, 0.29) is 0 Å². The van der Waals surface area contributed by atoms with Gasteiger partial charge in [-0.15, -0.1) is 0 Å². The fourth-order valence-electron chi connectivity index (χ4n) is 0.564. The molecular weight excluding hydrogens is 136 g/mol. The normalized spacial score (nSPS) is 13.7. The van der Waals surface area contributed by atoms with Crippen LogP contribution in [-0.2, 0) is 11.2 Å². The number of hydrogen-bond donors (Lipinski definition) is 0. The van der Waals surface area contributed by atoms with Crippen molar-refractivity contribution in [2.24, 2.45) is 0 Å². The third-order valence-corrected chi connectivity index (χ3v) is 1.99. The molecule has 0 N–H and O–H groups in total. The van der Waals surface area contributed by atoms with Crippen LogP contribution in [0.5, 0.6) is 0 Å². The molecule has 0 saturated heterocycles. The Labute approximate surface area is 57.1 Å². The van der Waals surface area contributed by atoms with Crippen molar-refractivity contribution in [1.82, 2.24) is 0 Å². The van der Waals surface area contributed by atoms with Gasteiger partial charge in [-0.05, 0) is 18.1 Å². The predicted molar refractivity (Wildman–Crippen MR) is 35.5 cm³/mol. The van der Waals surface area contributed by atoms with Gasteiger partial charge in [-0.1, -0.05) is 0 Å². The number of furan rings is 1. The molecule has 2 nitrogen and oxygen atoms in total. The van der Waals surface area contributed by atoms with Crippen LogP contribution >= 0.6 is 0 Å². The third-order valence-electron chi connectivity index (χ3n) is 1.01. The molecule has 0 aliphatic rings. The van der Waals surface area contributed by atoms with Crippen molar-refractivity contribution >= 4 is 11.2 Å². The summed E-state index contributed by atoms with van der Waals surface area (Å²) in [6, 6.07) is 0. The van der Waals surface area contributed by atoms with Crippen LogP contribution in [0.15, 0.2) is 21.8 Å². The van der Waals surface area contributed by atoms with E-state index in [0.29, 0.717) is 10.5 Å². The van der Waals surface area contributed by atoms with Crippen molar-refractivity contribution in [3.8, 4) is 0 Å². The lowest BCUT2D eigenvalue weighted by molar-refractivity contribution is 0.556. The molecular formula is C6H7O2S. The van der Waals surface area contributed by atoms with Gasteiger partial charge in [0.2, 0.25) is 0 Å². The maximum Gasteiger partial charge on any atom is 0.193 e. The first-order valence-electron chi connectivity index (χ1n) is 2.43. The van der Waals surface area contributed by atoms with Crippen molar-refractivity contribution in [2.45, 2.75) is 4.90 Å². The molecule has 1 aromatic rings. The number of rotatable bonds is 1. The van der Waals surface area contributed by atoms with Crippen LogP contribution in [0.1, 0.15) is 5.56 Å². The molecule has 49 valence electrons. The second-order valence-corrected chi connectivity index (χ2v) is 3.06. The average molecular weight is 143 g/mol. The van der Waals surface area contributed by atoms with Crippen LogP contribution in [0.3, 0.4) is 0 Å². The van der Waals surface area contributed by atoms with Gasteiger partial charge in [0.25, 0.3) is 0 Å². The van der Waals surface area contributed by atoms with Gasteiger partial charge in [-0.2, -0.15) is 0 Å². The van der Waals surface area contributed by atoms with Crippen LogP contribution in [0, 0.1) is 6.92 Å². The SMILES string of the molecule is [CH2]c1cocc1[S+](C)[O-]. The zero-order valence-corrected chi connectivity index (χ0v) is 5.90. The average Bonchev–Trinajstić information content (AvgIpc) is 2.13. The summed E-state index contributed by atoms with van der Waals surface area (Å²) in [4.78, 5) is 0.676. The minimum absolute atomic E-state index is 0.676. The molecule has 1 radical (unpaired) electrons. The minimum Gasteiger partial charge on any atom is -0.612 e. The third kappa shape index (κ3) is 1.28. The summed E-state index contributed by atoms with van der Waals surface area (Å²) < 4.78 is 15.5. The van der Waals surface area contributed by atoms with E-state index < -0.39 is 11.2 Å². The zero-order chi connectivity index (χ0) is 6.85. The molecule has 0 fully saturated rings. The summed E-state index contributed by atoms with van der Waals surface area (Å²) >= 11 is -0.966. The topological polar surface area (TPSA) is 36.2 Å². The Morgan fingerprint density at radius 1 is 1.67 bits per heavy atom. The van der Waals surface area contributed by atoms with E-state index >= 15 is 0 Å². The van der Waals surface area contributed by atoms with E-state index in [4.69, 9.17) is 4.42 Å². The molecule has 0 saturated carbocycles. The van der Waals surface area contributed by atoms with E-state index in [1.807, 2.05) is 0 Å². The highest BCUT2D eigenvalue weighted by Crippen LogP contribution is 2.14. The van der Waals surface area contributed by atoms with Crippen LogP contribution in [0.4, 0.5) is 0 Å². The van der Waals surface area contributed by atoms with Gasteiger partial charge >= 0.3 is 0 Å². The lowest BCUT2D eigenvalue weighted by Crippen LogP contribution is -1.96. The Bertz CT molecular complexity index is 193. The minimum atomic E-state index is -0.966. The molecule has 1 atom stereocenters. The van der Waals surface area contributed by atoms with Gasteiger partial charge < -0.3 is 8.97 Å². The smallest absolute Gasteiger partial charge is 0.193 e. The highest BCUT2D eigenvalue weighted by molar-refractivity contribution is 7.90. The van der Waals surface area contributed by atoms with Crippen molar-refractivity contribution < 1.29 is 8.97 Å². The molecule has 1 aromatic heterocycles. The summed E-state index contributed by atoms with van der Waals surface area (Å²) in [6.07, 6.45) is 4.54. The second-order valence-electron chi connectivity index (χ2n) is 1.72. The van der Waals surface area contributed by atoms with Crippen LogP contribution in [-0.4, -0.2) is 10.8 Å². The summed E-state index contributed by atoms with van der Waals surface area (Å²) in [5.74, 6) is 0. The first-order chi connectivity index (χ1) is 4.22. The summed E-state index contributed by atoms with van der Waals surface area (Å²) in [5.41, 5.74) is 0.704. The fraction of sp³-hybridized carbons (Fsp3) is 0.167. The maximum absolute atomic E-state index is 10.7. The van der Waals surface area contributed by atoms with Gasteiger partial charge in [-0.3, -0.25) is 0 Å². The highest BCUT2D eigenvalue weighted by Gasteiger charge is 2.09. The van der Waals surface area contributed by atoms with Crippen molar-refractivity contribution in [3.63, 3.8) is 0 Å². The summed E-state index contributed by atoms with van der Waals surface area (Å²) in [5, 5.41) is 0. The summed E-state index contributed by atoms with van der Waals surface area (Å²) in [7, 11) is 0. The molecule has 1 rings (SSSR count). The van der Waals surface area contributed by atoms with Crippen molar-refractivity contribution in [3.05, 3.63) is 25.0 Å². The Hall–Kier alpha value is -0.410. The quantitative estimate of drug-likeness (QED) is 0.554. The molecule has 9 heavy (non-hydrogen) atoms. The number of hydrogen-bond acceptors (Lipinski definition) is 2. The lowest BCUT2D eigenvalue weighted by Gasteiger charge is -1.99. The van der Waals surface area contributed by atoms with E-state index in [0.717, 1.165) is 0 Å². The molecule has 0 aromatic carbocycles. The molecule has 0 amide bonds. The molecule has 1 heterocycles. The summed E-state index contributed by atoms with van der Waals surface area (Å²) in [6.45, 7) is 3.61. The Kier molecular flexibility index (Phi) is 1.83. The maximum atomic E-state index is 10.7. The first-order valence-corrected chi connectivity index (χ1v) is 3.99. The highest BCUT2D eigenvalue weighted by atomic mass is 32.2. The van der Waals surface area contributed by atoms with E-state index in [2.05, 4.69) is 6.92 Å². The van der Waals surface area contributed by atoms with Gasteiger partial charge in [-0.25, -0.2) is 0 Å². The fourth-order valence-corrected chi connectivity index (χ4v) is 1.17. The predicted octanol–water partition coefficient (Wildman–Crippen LogP) is 1.20. The monoisotopic (exact) mass is 143 g/mol. The standard InChI is InChI=1S/C6H7O2S/c1-5-3-8-4-6(5)9(2)7/h3-4H,1H2,2H3. The lowest BCUT2D eigenvalue weighted by atomic mass is 10.4. The molecule has 0 bridgehead atoms. The van der Waals surface area contributed by atoms with Crippen LogP contribution in [0.25, 0.3) is 0 Å². The molecule has 0 spiro atoms. The van der Waals surface area contributed by atoms with Gasteiger partial charge in [0.15, 0.2) is 4.90 Å². The largest absolute Gasteiger partial charge is 0.612 e. The Morgan fingerprint density at radius 2 is 2.33 bits per heavy atom. The second kappa shape index (κ2) is 2.45. The van der Waals surface area contributed by atoms with Gasteiger partial charge in [0, 0.05) is 5.56 Å². The molecule has 0 aliphatic carbocycles.